The molecular weight excluding hydrogens is 242 g/mol. The van der Waals surface area contributed by atoms with Crippen molar-refractivity contribution in [2.45, 2.75) is 20.3 Å². The summed E-state index contributed by atoms with van der Waals surface area (Å²) in [7, 11) is 0. The molecule has 0 radical (unpaired) electrons. The Balaban J connectivity index is 2.12. The van der Waals surface area contributed by atoms with E-state index in [1.54, 1.807) is 12.1 Å². The molecule has 1 amide bonds. The highest BCUT2D eigenvalue weighted by Gasteiger charge is 2.50. The third-order valence-corrected chi connectivity index (χ3v) is 3.43. The fraction of sp³-hybridized carbons (Fsp3) is 0.333. The summed E-state index contributed by atoms with van der Waals surface area (Å²) < 4.78 is 0. The van der Waals surface area contributed by atoms with Crippen LogP contribution >= 0.6 is 0 Å². The maximum absolute atomic E-state index is 11.9. The van der Waals surface area contributed by atoms with Crippen LogP contribution in [0.3, 0.4) is 0 Å². The zero-order valence-corrected chi connectivity index (χ0v) is 11.0. The molecule has 0 heterocycles. The zero-order chi connectivity index (χ0) is 14.0. The molecule has 1 fully saturated rings. The molecule has 4 nitrogen and oxygen atoms in total. The average Bonchev–Trinajstić information content (AvgIpc) is 2.99. The number of hydrogen-bond acceptors (Lipinski definition) is 2. The fourth-order valence-corrected chi connectivity index (χ4v) is 2.00. The van der Waals surface area contributed by atoms with Gasteiger partial charge in [0.05, 0.1) is 0 Å². The number of aliphatic carboxylic acids is 1. The van der Waals surface area contributed by atoms with Gasteiger partial charge in [-0.05, 0) is 23.5 Å². The Hall–Kier alpha value is -2.10. The molecule has 0 bridgehead atoms. The van der Waals surface area contributed by atoms with Gasteiger partial charge in [0.2, 0.25) is 5.91 Å². The molecule has 0 aliphatic heterocycles. The predicted molar refractivity (Wildman–Crippen MR) is 72.1 cm³/mol. The lowest BCUT2D eigenvalue weighted by Crippen LogP contribution is -2.29. The second-order valence-electron chi connectivity index (χ2n) is 5.51. The SMILES string of the molecule is CC1(C)CC1C(=O)N/C(=C\c1ccccc1)C(=O)O. The Morgan fingerprint density at radius 2 is 1.89 bits per heavy atom. The Morgan fingerprint density at radius 1 is 1.32 bits per heavy atom. The normalized spacial score (nSPS) is 20.7. The number of rotatable bonds is 4. The van der Waals surface area contributed by atoms with Crippen LogP contribution < -0.4 is 5.32 Å². The number of carbonyl (C=O) groups excluding carboxylic acids is 1. The van der Waals surface area contributed by atoms with Crippen LogP contribution in [0.25, 0.3) is 6.08 Å². The Morgan fingerprint density at radius 3 is 2.37 bits per heavy atom. The molecule has 2 N–H and O–H groups in total. The van der Waals surface area contributed by atoms with Crippen LogP contribution in [0.2, 0.25) is 0 Å². The molecule has 1 unspecified atom stereocenters. The largest absolute Gasteiger partial charge is 0.477 e. The van der Waals surface area contributed by atoms with Crippen molar-refractivity contribution in [1.29, 1.82) is 0 Å². The van der Waals surface area contributed by atoms with Crippen molar-refractivity contribution in [3.05, 3.63) is 41.6 Å². The quantitative estimate of drug-likeness (QED) is 0.815. The predicted octanol–water partition coefficient (Wildman–Crippen LogP) is 2.27. The van der Waals surface area contributed by atoms with E-state index in [2.05, 4.69) is 5.32 Å². The topological polar surface area (TPSA) is 66.4 Å². The first-order valence-corrected chi connectivity index (χ1v) is 6.21. The van der Waals surface area contributed by atoms with Crippen molar-refractivity contribution >= 4 is 18.0 Å². The average molecular weight is 259 g/mol. The summed E-state index contributed by atoms with van der Waals surface area (Å²) in [4.78, 5) is 23.1. The summed E-state index contributed by atoms with van der Waals surface area (Å²) in [5.74, 6) is -1.43. The molecule has 4 heteroatoms. The van der Waals surface area contributed by atoms with Gasteiger partial charge in [-0.1, -0.05) is 44.2 Å². The van der Waals surface area contributed by atoms with Crippen LogP contribution in [0.4, 0.5) is 0 Å². The standard InChI is InChI=1S/C15H17NO3/c1-15(2)9-11(15)13(17)16-12(14(18)19)8-10-6-4-3-5-7-10/h3-8,11H,9H2,1-2H3,(H,16,17)(H,18,19)/b12-8-. The summed E-state index contributed by atoms with van der Waals surface area (Å²) in [5.41, 5.74) is 0.648. The Kier molecular flexibility index (Phi) is 3.42. The minimum absolute atomic E-state index is 0.0134. The monoisotopic (exact) mass is 259 g/mol. The van der Waals surface area contributed by atoms with Crippen molar-refractivity contribution in [3.63, 3.8) is 0 Å². The van der Waals surface area contributed by atoms with Gasteiger partial charge in [0.1, 0.15) is 5.70 Å². The number of carbonyl (C=O) groups is 2. The molecule has 1 aromatic rings. The number of amides is 1. The molecule has 1 aliphatic rings. The maximum atomic E-state index is 11.9. The van der Waals surface area contributed by atoms with Gasteiger partial charge < -0.3 is 10.4 Å². The second-order valence-corrected chi connectivity index (χ2v) is 5.51. The van der Waals surface area contributed by atoms with Gasteiger partial charge in [-0.15, -0.1) is 0 Å². The lowest BCUT2D eigenvalue weighted by Gasteiger charge is -2.07. The zero-order valence-electron chi connectivity index (χ0n) is 11.0. The number of hydrogen-bond donors (Lipinski definition) is 2. The highest BCUT2D eigenvalue weighted by molar-refractivity contribution is 5.98. The number of carboxylic acid groups (broad SMARTS) is 1. The molecule has 2 rings (SSSR count). The van der Waals surface area contributed by atoms with E-state index in [1.165, 1.54) is 6.08 Å². The summed E-state index contributed by atoms with van der Waals surface area (Å²) in [6, 6.07) is 9.06. The minimum atomic E-state index is -1.13. The number of benzene rings is 1. The Bertz CT molecular complexity index is 532. The molecule has 1 atom stereocenters. The molecule has 100 valence electrons. The van der Waals surface area contributed by atoms with Crippen LogP contribution in [0.1, 0.15) is 25.8 Å². The first-order valence-electron chi connectivity index (χ1n) is 6.21. The number of carboxylic acids is 1. The minimum Gasteiger partial charge on any atom is -0.477 e. The van der Waals surface area contributed by atoms with Gasteiger partial charge >= 0.3 is 5.97 Å². The maximum Gasteiger partial charge on any atom is 0.352 e. The number of nitrogens with one attached hydrogen (secondary N) is 1. The Labute approximate surface area is 112 Å². The second kappa shape index (κ2) is 4.88. The van der Waals surface area contributed by atoms with Crippen LogP contribution in [-0.2, 0) is 9.59 Å². The molecular formula is C15H17NO3. The van der Waals surface area contributed by atoms with E-state index in [0.29, 0.717) is 0 Å². The smallest absolute Gasteiger partial charge is 0.352 e. The van der Waals surface area contributed by atoms with Crippen LogP contribution in [0, 0.1) is 11.3 Å². The third kappa shape index (κ3) is 3.22. The van der Waals surface area contributed by atoms with Gasteiger partial charge in [0, 0.05) is 5.92 Å². The molecule has 0 spiro atoms. The first-order chi connectivity index (χ1) is 8.90. The highest BCUT2D eigenvalue weighted by atomic mass is 16.4. The van der Waals surface area contributed by atoms with E-state index >= 15 is 0 Å². The molecule has 0 saturated heterocycles. The van der Waals surface area contributed by atoms with E-state index in [-0.39, 0.29) is 22.9 Å². The van der Waals surface area contributed by atoms with E-state index in [9.17, 15) is 9.59 Å². The third-order valence-electron chi connectivity index (χ3n) is 3.43. The van der Waals surface area contributed by atoms with Crippen molar-refractivity contribution < 1.29 is 14.7 Å². The van der Waals surface area contributed by atoms with Gasteiger partial charge in [-0.2, -0.15) is 0 Å². The van der Waals surface area contributed by atoms with Crippen molar-refractivity contribution in [3.8, 4) is 0 Å². The van der Waals surface area contributed by atoms with Gasteiger partial charge in [-0.25, -0.2) is 4.79 Å². The molecule has 19 heavy (non-hydrogen) atoms. The van der Waals surface area contributed by atoms with E-state index in [4.69, 9.17) is 5.11 Å². The first kappa shape index (κ1) is 13.3. The lowest BCUT2D eigenvalue weighted by atomic mass is 10.1. The fourth-order valence-electron chi connectivity index (χ4n) is 2.00. The van der Waals surface area contributed by atoms with E-state index in [1.807, 2.05) is 32.0 Å². The molecule has 1 saturated carbocycles. The van der Waals surface area contributed by atoms with Gasteiger partial charge in [0.25, 0.3) is 0 Å². The lowest BCUT2D eigenvalue weighted by molar-refractivity contribution is -0.134. The van der Waals surface area contributed by atoms with Crippen molar-refractivity contribution in [1.82, 2.24) is 5.32 Å². The van der Waals surface area contributed by atoms with E-state index < -0.39 is 5.97 Å². The molecule has 1 aromatic carbocycles. The van der Waals surface area contributed by atoms with Crippen LogP contribution in [0.5, 0.6) is 0 Å². The summed E-state index contributed by atoms with van der Waals surface area (Å²) >= 11 is 0. The van der Waals surface area contributed by atoms with Crippen molar-refractivity contribution in [2.75, 3.05) is 0 Å². The van der Waals surface area contributed by atoms with Crippen LogP contribution in [0.15, 0.2) is 36.0 Å². The highest BCUT2D eigenvalue weighted by Crippen LogP contribution is 2.51. The van der Waals surface area contributed by atoms with E-state index in [0.717, 1.165) is 12.0 Å². The van der Waals surface area contributed by atoms with Crippen molar-refractivity contribution in [2.24, 2.45) is 11.3 Å². The molecule has 0 aromatic heterocycles. The summed E-state index contributed by atoms with van der Waals surface area (Å²) in [6.45, 7) is 4.00. The summed E-state index contributed by atoms with van der Waals surface area (Å²) in [6.07, 6.45) is 2.27. The van der Waals surface area contributed by atoms with Crippen LogP contribution in [-0.4, -0.2) is 17.0 Å². The molecule has 1 aliphatic carbocycles. The van der Waals surface area contributed by atoms with Gasteiger partial charge in [0.15, 0.2) is 0 Å². The van der Waals surface area contributed by atoms with Gasteiger partial charge in [-0.3, -0.25) is 4.79 Å². The summed E-state index contributed by atoms with van der Waals surface area (Å²) in [5, 5.41) is 11.6.